The Hall–Kier alpha value is -2.54. The maximum Gasteiger partial charge on any atom is 0.312 e. The van der Waals surface area contributed by atoms with Gasteiger partial charge in [0.05, 0.1) is 18.6 Å². The van der Waals surface area contributed by atoms with Gasteiger partial charge in [-0.25, -0.2) is 0 Å². The molecule has 214 valence electrons. The minimum atomic E-state index is -2.30. The van der Waals surface area contributed by atoms with Gasteiger partial charge in [-0.15, -0.1) is 0 Å². The second-order valence-corrected chi connectivity index (χ2v) is 11.0. The Morgan fingerprint density at radius 3 is 2.11 bits per heavy atom. The predicted molar refractivity (Wildman–Crippen MR) is 128 cm³/mol. The third-order valence-corrected chi connectivity index (χ3v) is 8.53. The first-order chi connectivity index (χ1) is 17.5. The third-order valence-electron chi connectivity index (χ3n) is 8.53. The van der Waals surface area contributed by atoms with Gasteiger partial charge < -0.3 is 39.4 Å². The highest BCUT2D eigenvalue weighted by Crippen LogP contribution is 2.57. The van der Waals surface area contributed by atoms with Crippen molar-refractivity contribution in [2.75, 3.05) is 6.61 Å². The van der Waals surface area contributed by atoms with Gasteiger partial charge in [-0.2, -0.15) is 0 Å². The van der Waals surface area contributed by atoms with Gasteiger partial charge in [0.2, 0.25) is 0 Å². The molecule has 12 nitrogen and oxygen atoms in total. The van der Waals surface area contributed by atoms with Crippen LogP contribution in [0.25, 0.3) is 0 Å². The van der Waals surface area contributed by atoms with E-state index in [4.69, 9.17) is 18.9 Å². The molecule has 3 rings (SSSR count). The lowest BCUT2D eigenvalue weighted by atomic mass is 9.51. The van der Waals surface area contributed by atoms with Crippen LogP contribution in [0.4, 0.5) is 0 Å². The van der Waals surface area contributed by atoms with E-state index in [2.05, 4.69) is 0 Å². The van der Waals surface area contributed by atoms with Crippen molar-refractivity contribution >= 4 is 23.9 Å². The van der Waals surface area contributed by atoms with Gasteiger partial charge in [0.25, 0.3) is 0 Å². The molecule has 4 N–H and O–H groups in total. The van der Waals surface area contributed by atoms with Crippen molar-refractivity contribution in [3.05, 3.63) is 11.6 Å². The Bertz CT molecular complexity index is 1000. The van der Waals surface area contributed by atoms with E-state index in [0.717, 1.165) is 13.8 Å². The summed E-state index contributed by atoms with van der Waals surface area (Å²) >= 11 is 0. The van der Waals surface area contributed by atoms with Gasteiger partial charge in [-0.05, 0) is 38.3 Å². The minimum Gasteiger partial charge on any atom is -0.462 e. The van der Waals surface area contributed by atoms with E-state index in [1.54, 1.807) is 0 Å². The van der Waals surface area contributed by atoms with Crippen LogP contribution in [-0.2, 0) is 38.1 Å². The van der Waals surface area contributed by atoms with Crippen molar-refractivity contribution in [1.82, 2.24) is 0 Å². The number of hydrogen-bond donors (Lipinski definition) is 4. The number of aliphatic hydroxyl groups excluding tert-OH is 2. The fraction of sp³-hybridized carbons (Fsp3) is 0.769. The molecule has 12 heteroatoms. The standard InChI is InChI=1S/C26H38O12/c1-12-23(32)38-20-9-16(11-27)7-8-18(35-13(2)28)24(5)17(31)10-19(36-14(3)29)25(6,33)21(24)22(26(12,20)34)37-15(4)30/h9,12,17-22,27,31,33-34H,7-8,10-11H2,1-6H3/b16-9-/t12-,17+,18+,19-,20+,21-,22+,24-,25-,26+/m1/s1. The monoisotopic (exact) mass is 542 g/mol. The Balaban J connectivity index is 2.40. The number of rotatable bonds is 4. The maximum atomic E-state index is 12.8. The third kappa shape index (κ3) is 4.94. The highest BCUT2D eigenvalue weighted by Gasteiger charge is 2.72. The average Bonchev–Trinajstić information content (AvgIpc) is 3.01. The zero-order valence-electron chi connectivity index (χ0n) is 22.5. The van der Waals surface area contributed by atoms with Crippen LogP contribution in [0.2, 0.25) is 0 Å². The summed E-state index contributed by atoms with van der Waals surface area (Å²) in [5, 5.41) is 45.9. The molecule has 0 radical (unpaired) electrons. The maximum absolute atomic E-state index is 12.8. The summed E-state index contributed by atoms with van der Waals surface area (Å²) in [6.45, 7) is 7.12. The molecule has 0 amide bonds. The molecule has 0 spiro atoms. The number of carbonyl (C=O) groups excluding carboxylic acids is 4. The molecule has 38 heavy (non-hydrogen) atoms. The highest BCUT2D eigenvalue weighted by molar-refractivity contribution is 5.77. The Kier molecular flexibility index (Phi) is 8.33. The van der Waals surface area contributed by atoms with Crippen molar-refractivity contribution in [2.24, 2.45) is 17.3 Å². The average molecular weight is 543 g/mol. The first kappa shape index (κ1) is 30.0. The molecule has 3 aliphatic rings. The van der Waals surface area contributed by atoms with Crippen LogP contribution in [0.5, 0.6) is 0 Å². The number of carbonyl (C=O) groups is 4. The first-order valence-electron chi connectivity index (χ1n) is 12.7. The van der Waals surface area contributed by atoms with E-state index < -0.39 is 89.5 Å². The zero-order valence-corrected chi connectivity index (χ0v) is 22.5. The van der Waals surface area contributed by atoms with Gasteiger partial charge in [0.15, 0.2) is 11.7 Å². The van der Waals surface area contributed by atoms with Gasteiger partial charge in [-0.1, -0.05) is 6.92 Å². The molecule has 10 atom stereocenters. The summed E-state index contributed by atoms with van der Waals surface area (Å²) in [5.74, 6) is -5.86. The molecule has 1 saturated carbocycles. The van der Waals surface area contributed by atoms with Crippen LogP contribution in [0, 0.1) is 17.3 Å². The summed E-state index contributed by atoms with van der Waals surface area (Å²) in [5.41, 5.74) is -5.64. The van der Waals surface area contributed by atoms with Crippen molar-refractivity contribution in [3.63, 3.8) is 0 Å². The molecule has 2 aliphatic carbocycles. The minimum absolute atomic E-state index is 0.0613. The lowest BCUT2D eigenvalue weighted by Crippen LogP contribution is -2.74. The second-order valence-electron chi connectivity index (χ2n) is 11.0. The van der Waals surface area contributed by atoms with Gasteiger partial charge in [-0.3, -0.25) is 19.2 Å². The molecular formula is C26H38O12. The molecule has 1 heterocycles. The van der Waals surface area contributed by atoms with Crippen LogP contribution < -0.4 is 0 Å². The fourth-order valence-electron chi connectivity index (χ4n) is 6.53. The molecule has 2 fully saturated rings. The quantitative estimate of drug-likeness (QED) is 0.211. The van der Waals surface area contributed by atoms with E-state index in [1.165, 1.54) is 33.8 Å². The topological polar surface area (TPSA) is 186 Å². The molecule has 0 bridgehead atoms. The molecule has 0 aromatic rings. The number of hydrogen-bond acceptors (Lipinski definition) is 12. The van der Waals surface area contributed by atoms with Crippen molar-refractivity contribution in [2.45, 2.75) is 103 Å². The number of ether oxygens (including phenoxy) is 4. The second kappa shape index (κ2) is 10.6. The van der Waals surface area contributed by atoms with E-state index in [9.17, 15) is 39.6 Å². The predicted octanol–water partition coefficient (Wildman–Crippen LogP) is -0.0753. The molecular weight excluding hydrogens is 504 g/mol. The van der Waals surface area contributed by atoms with Gasteiger partial charge >= 0.3 is 23.9 Å². The van der Waals surface area contributed by atoms with Crippen molar-refractivity contribution < 1.29 is 58.6 Å². The Morgan fingerprint density at radius 2 is 1.58 bits per heavy atom. The fourth-order valence-corrected chi connectivity index (χ4v) is 6.53. The first-order valence-corrected chi connectivity index (χ1v) is 12.7. The molecule has 1 saturated heterocycles. The molecule has 0 aromatic heterocycles. The Labute approximate surface area is 220 Å². The SMILES string of the molecule is CC(=O)O[C@H]1CC/C(CO)=C/[C@@H]2OC(=O)[C@@H](C)[C@@]2(O)[C@@H](OC(C)=O)[C@H]2[C@](C)(O)[C@H](OC(C)=O)C[C@H](O)[C@]12C. The Morgan fingerprint density at radius 1 is 1.03 bits per heavy atom. The highest BCUT2D eigenvalue weighted by atomic mass is 16.6. The summed E-state index contributed by atoms with van der Waals surface area (Å²) in [6.07, 6.45) is -5.68. The normalized spacial score (nSPS) is 44.4. The lowest BCUT2D eigenvalue weighted by molar-refractivity contribution is -0.289. The molecule has 0 unspecified atom stereocenters. The molecule has 1 aliphatic heterocycles. The summed E-state index contributed by atoms with van der Waals surface area (Å²) in [6, 6.07) is 0. The van der Waals surface area contributed by atoms with Crippen LogP contribution >= 0.6 is 0 Å². The smallest absolute Gasteiger partial charge is 0.312 e. The summed E-state index contributed by atoms with van der Waals surface area (Å²) in [7, 11) is 0. The number of aliphatic hydroxyl groups is 4. The van der Waals surface area contributed by atoms with Gasteiger partial charge in [0.1, 0.15) is 23.9 Å². The number of esters is 4. The number of fused-ring (bicyclic) bond motifs is 2. The zero-order chi connectivity index (χ0) is 28.8. The van der Waals surface area contributed by atoms with E-state index >= 15 is 0 Å². The van der Waals surface area contributed by atoms with Crippen LogP contribution in [0.1, 0.15) is 60.8 Å². The van der Waals surface area contributed by atoms with Crippen molar-refractivity contribution in [3.8, 4) is 0 Å². The van der Waals surface area contributed by atoms with Gasteiger partial charge in [0, 0.05) is 38.5 Å². The van der Waals surface area contributed by atoms with E-state index in [0.29, 0.717) is 5.57 Å². The molecule has 0 aromatic carbocycles. The van der Waals surface area contributed by atoms with E-state index in [1.807, 2.05) is 0 Å². The largest absolute Gasteiger partial charge is 0.462 e. The van der Waals surface area contributed by atoms with E-state index in [-0.39, 0.29) is 19.3 Å². The lowest BCUT2D eigenvalue weighted by Gasteiger charge is -2.60. The van der Waals surface area contributed by atoms with Crippen LogP contribution in [0.15, 0.2) is 11.6 Å². The summed E-state index contributed by atoms with van der Waals surface area (Å²) in [4.78, 5) is 49.4. The summed E-state index contributed by atoms with van der Waals surface area (Å²) < 4.78 is 22.2. The van der Waals surface area contributed by atoms with Crippen LogP contribution in [0.3, 0.4) is 0 Å². The van der Waals surface area contributed by atoms with Crippen LogP contribution in [-0.4, -0.2) is 92.6 Å². The van der Waals surface area contributed by atoms with Crippen molar-refractivity contribution in [1.29, 1.82) is 0 Å².